The van der Waals surface area contributed by atoms with E-state index in [0.29, 0.717) is 0 Å². The first-order chi connectivity index (χ1) is 6.46. The Morgan fingerprint density at radius 3 is 2.14 bits per heavy atom. The number of hydrogen-bond acceptors (Lipinski definition) is 1. The monoisotopic (exact) mass is 190 g/mol. The molecule has 0 aliphatic heterocycles. The normalized spacial score (nSPS) is 13.7. The quantitative estimate of drug-likeness (QED) is 0.714. The highest BCUT2D eigenvalue weighted by Gasteiger charge is 2.31. The van der Waals surface area contributed by atoms with E-state index in [4.69, 9.17) is 0 Å². The molecule has 0 aromatic heterocycles. The molecule has 0 saturated carbocycles. The van der Waals surface area contributed by atoms with E-state index in [0.717, 1.165) is 0 Å². The Morgan fingerprint density at radius 2 is 1.71 bits per heavy atom. The van der Waals surface area contributed by atoms with Gasteiger partial charge in [0.2, 0.25) is 0 Å². The van der Waals surface area contributed by atoms with Crippen molar-refractivity contribution in [1.29, 1.82) is 0 Å². The van der Waals surface area contributed by atoms with Crippen molar-refractivity contribution in [3.63, 3.8) is 0 Å². The Hall–Kier alpha value is -1.11. The summed E-state index contributed by atoms with van der Waals surface area (Å²) >= 11 is 0. The Bertz CT molecular complexity index is 311. The molecule has 0 bridgehead atoms. The smallest absolute Gasteiger partial charge is 0.136 e. The molecule has 1 nitrogen and oxygen atoms in total. The predicted molar refractivity (Wildman–Crippen MR) is 59.3 cm³/mol. The summed E-state index contributed by atoms with van der Waals surface area (Å²) in [5.41, 5.74) is 0.953. The lowest BCUT2D eigenvalue weighted by Gasteiger charge is -2.29. The molecule has 0 saturated heterocycles. The third-order valence-corrected chi connectivity index (χ3v) is 3.29. The van der Waals surface area contributed by atoms with Gasteiger partial charge in [-0.2, -0.15) is 0 Å². The van der Waals surface area contributed by atoms with Crippen LogP contribution in [-0.4, -0.2) is 5.78 Å². The Labute approximate surface area is 86.1 Å². The van der Waals surface area contributed by atoms with E-state index in [2.05, 4.69) is 19.1 Å². The van der Waals surface area contributed by atoms with Gasteiger partial charge in [0.1, 0.15) is 5.78 Å². The molecule has 1 aromatic rings. The van der Waals surface area contributed by atoms with Crippen LogP contribution in [0.2, 0.25) is 0 Å². The standard InChI is InChI=1S/C13H18O/c1-10(13(3,4)11(2)14)12-8-6-5-7-9-12/h5-10H,1-4H3/t10-/m0/s1. The summed E-state index contributed by atoms with van der Waals surface area (Å²) in [5, 5.41) is 0. The third-order valence-electron chi connectivity index (χ3n) is 3.29. The summed E-state index contributed by atoms with van der Waals surface area (Å²) < 4.78 is 0. The molecular formula is C13H18O. The van der Waals surface area contributed by atoms with Crippen LogP contribution in [-0.2, 0) is 4.79 Å². The molecule has 0 radical (unpaired) electrons. The SMILES string of the molecule is CC(=O)C(C)(C)[C@@H](C)c1ccccc1. The maximum absolute atomic E-state index is 11.5. The van der Waals surface area contributed by atoms with E-state index < -0.39 is 0 Å². The minimum absolute atomic E-state index is 0.244. The van der Waals surface area contributed by atoms with Gasteiger partial charge < -0.3 is 0 Å². The van der Waals surface area contributed by atoms with E-state index in [1.807, 2.05) is 32.0 Å². The van der Waals surface area contributed by atoms with Crippen LogP contribution >= 0.6 is 0 Å². The van der Waals surface area contributed by atoms with E-state index in [9.17, 15) is 4.79 Å². The van der Waals surface area contributed by atoms with E-state index in [-0.39, 0.29) is 17.1 Å². The number of hydrogen-bond donors (Lipinski definition) is 0. The second-order valence-electron chi connectivity index (χ2n) is 4.41. The predicted octanol–water partition coefficient (Wildman–Crippen LogP) is 3.41. The highest BCUT2D eigenvalue weighted by Crippen LogP contribution is 2.35. The Kier molecular flexibility index (Phi) is 3.10. The molecule has 0 aliphatic rings. The van der Waals surface area contributed by atoms with Crippen LogP contribution in [0, 0.1) is 5.41 Å². The number of ketones is 1. The van der Waals surface area contributed by atoms with Crippen molar-refractivity contribution in [3.05, 3.63) is 35.9 Å². The lowest BCUT2D eigenvalue weighted by atomic mass is 9.73. The zero-order valence-electron chi connectivity index (χ0n) is 9.37. The largest absolute Gasteiger partial charge is 0.299 e. The zero-order valence-corrected chi connectivity index (χ0v) is 9.37. The minimum atomic E-state index is -0.276. The van der Waals surface area contributed by atoms with Crippen LogP contribution in [0.5, 0.6) is 0 Å². The number of benzene rings is 1. The molecule has 1 heteroatoms. The average Bonchev–Trinajstić information content (AvgIpc) is 2.17. The summed E-state index contributed by atoms with van der Waals surface area (Å²) in [6.07, 6.45) is 0. The highest BCUT2D eigenvalue weighted by molar-refractivity contribution is 5.82. The van der Waals surface area contributed by atoms with Gasteiger partial charge in [0.25, 0.3) is 0 Å². The molecule has 0 N–H and O–H groups in total. The van der Waals surface area contributed by atoms with Gasteiger partial charge in [0.05, 0.1) is 0 Å². The number of Topliss-reactive ketones (excluding diaryl/α,β-unsaturated/α-hetero) is 1. The number of carbonyl (C=O) groups excluding carboxylic acids is 1. The molecule has 0 unspecified atom stereocenters. The molecule has 1 aromatic carbocycles. The van der Waals surface area contributed by atoms with E-state index in [1.165, 1.54) is 5.56 Å². The summed E-state index contributed by atoms with van der Waals surface area (Å²) in [4.78, 5) is 11.5. The van der Waals surface area contributed by atoms with Crippen molar-refractivity contribution in [2.24, 2.45) is 5.41 Å². The van der Waals surface area contributed by atoms with E-state index in [1.54, 1.807) is 6.92 Å². The first-order valence-electron chi connectivity index (χ1n) is 5.02. The van der Waals surface area contributed by atoms with Crippen LogP contribution < -0.4 is 0 Å². The van der Waals surface area contributed by atoms with Crippen molar-refractivity contribution < 1.29 is 4.79 Å². The number of rotatable bonds is 3. The van der Waals surface area contributed by atoms with Gasteiger partial charge in [-0.3, -0.25) is 4.79 Å². The summed E-state index contributed by atoms with van der Waals surface area (Å²) in [6.45, 7) is 7.79. The lowest BCUT2D eigenvalue weighted by molar-refractivity contribution is -0.125. The van der Waals surface area contributed by atoms with E-state index >= 15 is 0 Å². The van der Waals surface area contributed by atoms with Crippen molar-refractivity contribution >= 4 is 5.78 Å². The fraction of sp³-hybridized carbons (Fsp3) is 0.462. The maximum Gasteiger partial charge on any atom is 0.136 e. The zero-order chi connectivity index (χ0) is 10.8. The van der Waals surface area contributed by atoms with Gasteiger partial charge in [0.15, 0.2) is 0 Å². The molecule has 0 heterocycles. The summed E-state index contributed by atoms with van der Waals surface area (Å²) in [7, 11) is 0. The van der Waals surface area contributed by atoms with Gasteiger partial charge in [-0.1, -0.05) is 51.1 Å². The van der Waals surface area contributed by atoms with Crippen LogP contribution in [0.3, 0.4) is 0 Å². The first kappa shape index (κ1) is 11.0. The van der Waals surface area contributed by atoms with Gasteiger partial charge >= 0.3 is 0 Å². The average molecular weight is 190 g/mol. The molecule has 1 atom stereocenters. The molecule has 1 rings (SSSR count). The van der Waals surface area contributed by atoms with Crippen LogP contribution in [0.4, 0.5) is 0 Å². The first-order valence-corrected chi connectivity index (χ1v) is 5.02. The topological polar surface area (TPSA) is 17.1 Å². The van der Waals surface area contributed by atoms with Gasteiger partial charge in [-0.15, -0.1) is 0 Å². The van der Waals surface area contributed by atoms with Crippen molar-refractivity contribution in [2.75, 3.05) is 0 Å². The second kappa shape index (κ2) is 3.95. The Balaban J connectivity index is 2.96. The minimum Gasteiger partial charge on any atom is -0.299 e. The van der Waals surface area contributed by atoms with Gasteiger partial charge in [0, 0.05) is 5.41 Å². The van der Waals surface area contributed by atoms with Gasteiger partial charge in [-0.05, 0) is 18.4 Å². The summed E-state index contributed by atoms with van der Waals surface area (Å²) in [6, 6.07) is 10.2. The fourth-order valence-electron chi connectivity index (χ4n) is 1.46. The third kappa shape index (κ3) is 2.03. The Morgan fingerprint density at radius 1 is 1.21 bits per heavy atom. The fourth-order valence-corrected chi connectivity index (χ4v) is 1.46. The van der Waals surface area contributed by atoms with Crippen LogP contribution in [0.25, 0.3) is 0 Å². The van der Waals surface area contributed by atoms with Crippen molar-refractivity contribution in [3.8, 4) is 0 Å². The highest BCUT2D eigenvalue weighted by atomic mass is 16.1. The number of carbonyl (C=O) groups is 1. The molecule has 0 aliphatic carbocycles. The molecular weight excluding hydrogens is 172 g/mol. The van der Waals surface area contributed by atoms with Crippen molar-refractivity contribution in [1.82, 2.24) is 0 Å². The van der Waals surface area contributed by atoms with Crippen LogP contribution in [0.15, 0.2) is 30.3 Å². The van der Waals surface area contributed by atoms with Crippen molar-refractivity contribution in [2.45, 2.75) is 33.6 Å². The molecule has 0 fully saturated rings. The van der Waals surface area contributed by atoms with Crippen LogP contribution in [0.1, 0.15) is 39.2 Å². The maximum atomic E-state index is 11.5. The second-order valence-corrected chi connectivity index (χ2v) is 4.41. The molecule has 0 spiro atoms. The summed E-state index contributed by atoms with van der Waals surface area (Å²) in [5.74, 6) is 0.509. The lowest BCUT2D eigenvalue weighted by Crippen LogP contribution is -2.27. The van der Waals surface area contributed by atoms with Gasteiger partial charge in [-0.25, -0.2) is 0 Å². The molecule has 0 amide bonds. The molecule has 76 valence electrons. The molecule has 14 heavy (non-hydrogen) atoms.